The van der Waals surface area contributed by atoms with Crippen LogP contribution in [0.2, 0.25) is 0 Å². The quantitative estimate of drug-likeness (QED) is 0.775. The van der Waals surface area contributed by atoms with Crippen LogP contribution in [0.1, 0.15) is 46.5 Å². The van der Waals surface area contributed by atoms with Gasteiger partial charge in [-0.25, -0.2) is 0 Å². The fourth-order valence-corrected chi connectivity index (χ4v) is 2.98. The van der Waals surface area contributed by atoms with Gasteiger partial charge in [0.1, 0.15) is 0 Å². The van der Waals surface area contributed by atoms with Gasteiger partial charge in [0.15, 0.2) is 0 Å². The first kappa shape index (κ1) is 12.8. The highest BCUT2D eigenvalue weighted by atomic mass is 16.5. The summed E-state index contributed by atoms with van der Waals surface area (Å²) in [5.74, 6) is -0.0521. The minimum absolute atomic E-state index is 0.0521. The Hall–Kier alpha value is -0.610. The van der Waals surface area contributed by atoms with Crippen LogP contribution in [0.15, 0.2) is 0 Å². The van der Waals surface area contributed by atoms with Gasteiger partial charge in [0.2, 0.25) is 5.91 Å². The van der Waals surface area contributed by atoms with Crippen molar-refractivity contribution in [3.8, 4) is 0 Å². The van der Waals surface area contributed by atoms with Gasteiger partial charge in [-0.15, -0.1) is 0 Å². The number of rotatable bonds is 4. The largest absolute Gasteiger partial charge is 0.378 e. The second kappa shape index (κ2) is 4.25. The van der Waals surface area contributed by atoms with E-state index in [2.05, 4.69) is 5.32 Å². The summed E-state index contributed by atoms with van der Waals surface area (Å²) < 4.78 is 5.75. The van der Waals surface area contributed by atoms with Gasteiger partial charge in [0.05, 0.1) is 11.6 Å². The number of amides is 1. The van der Waals surface area contributed by atoms with Crippen LogP contribution >= 0.6 is 0 Å². The average molecular weight is 240 g/mol. The van der Waals surface area contributed by atoms with Crippen LogP contribution in [-0.2, 0) is 9.53 Å². The van der Waals surface area contributed by atoms with Gasteiger partial charge in [-0.1, -0.05) is 6.42 Å². The lowest BCUT2D eigenvalue weighted by Gasteiger charge is -2.61. The Labute approximate surface area is 103 Å². The van der Waals surface area contributed by atoms with E-state index in [0.717, 1.165) is 13.0 Å². The molecule has 3 N–H and O–H groups in total. The molecule has 0 aromatic rings. The van der Waals surface area contributed by atoms with Gasteiger partial charge in [-0.05, 0) is 40.0 Å². The second-order valence-electron chi connectivity index (χ2n) is 6.01. The van der Waals surface area contributed by atoms with Crippen molar-refractivity contribution in [3.63, 3.8) is 0 Å². The number of ether oxygens (including phenoxy) is 1. The first-order valence-corrected chi connectivity index (χ1v) is 6.61. The average Bonchev–Trinajstić information content (AvgIpc) is 2.11. The first-order valence-electron chi connectivity index (χ1n) is 6.61. The van der Waals surface area contributed by atoms with Crippen LogP contribution in [0, 0.1) is 5.41 Å². The molecular weight excluding hydrogens is 216 g/mol. The molecule has 0 aliphatic heterocycles. The highest BCUT2D eigenvalue weighted by molar-refractivity contribution is 5.85. The van der Waals surface area contributed by atoms with Crippen LogP contribution < -0.4 is 11.1 Å². The minimum Gasteiger partial charge on any atom is -0.378 e. The molecule has 0 saturated heterocycles. The first-order chi connectivity index (χ1) is 7.90. The van der Waals surface area contributed by atoms with Gasteiger partial charge in [-0.3, -0.25) is 4.79 Å². The molecule has 4 nitrogen and oxygen atoms in total. The Kier molecular flexibility index (Phi) is 3.21. The number of nitrogens with one attached hydrogen (secondary N) is 1. The van der Waals surface area contributed by atoms with E-state index in [1.54, 1.807) is 13.8 Å². The highest BCUT2D eigenvalue weighted by Crippen LogP contribution is 2.57. The maximum Gasteiger partial charge on any atom is 0.239 e. The summed E-state index contributed by atoms with van der Waals surface area (Å²) in [6, 6.07) is 0.267. The summed E-state index contributed by atoms with van der Waals surface area (Å²) in [6.45, 7) is 6.28. The van der Waals surface area contributed by atoms with E-state index in [4.69, 9.17) is 10.5 Å². The molecule has 1 amide bonds. The SMILES string of the molecule is CCOC1CC(NC(=O)C(C)(C)N)C12CCC2. The topological polar surface area (TPSA) is 64.3 Å². The molecule has 0 aromatic carbocycles. The van der Waals surface area contributed by atoms with Crippen molar-refractivity contribution < 1.29 is 9.53 Å². The summed E-state index contributed by atoms with van der Waals surface area (Å²) in [4.78, 5) is 11.9. The summed E-state index contributed by atoms with van der Waals surface area (Å²) in [5, 5.41) is 3.09. The van der Waals surface area contributed by atoms with Crippen LogP contribution in [-0.4, -0.2) is 30.2 Å². The lowest BCUT2D eigenvalue weighted by Crippen LogP contribution is -2.69. The van der Waals surface area contributed by atoms with Crippen LogP contribution in [0.3, 0.4) is 0 Å². The maximum atomic E-state index is 11.9. The molecule has 17 heavy (non-hydrogen) atoms. The third-order valence-electron chi connectivity index (χ3n) is 4.33. The van der Waals surface area contributed by atoms with Crippen molar-refractivity contribution in [1.82, 2.24) is 5.32 Å². The molecule has 1 spiro atoms. The summed E-state index contributed by atoms with van der Waals surface area (Å²) in [6.07, 6.45) is 4.88. The Morgan fingerprint density at radius 1 is 1.53 bits per heavy atom. The molecule has 2 aliphatic rings. The Morgan fingerprint density at radius 2 is 2.18 bits per heavy atom. The van der Waals surface area contributed by atoms with Gasteiger partial charge in [0.25, 0.3) is 0 Å². The van der Waals surface area contributed by atoms with Gasteiger partial charge < -0.3 is 15.8 Å². The molecule has 0 radical (unpaired) electrons. The van der Waals surface area contributed by atoms with Crippen molar-refractivity contribution in [3.05, 3.63) is 0 Å². The van der Waals surface area contributed by atoms with Crippen molar-refractivity contribution >= 4 is 5.91 Å². The molecule has 2 fully saturated rings. The fraction of sp³-hybridized carbons (Fsp3) is 0.923. The zero-order valence-electron chi connectivity index (χ0n) is 11.1. The highest BCUT2D eigenvalue weighted by Gasteiger charge is 2.59. The zero-order valence-corrected chi connectivity index (χ0v) is 11.1. The van der Waals surface area contributed by atoms with Crippen molar-refractivity contribution in [2.75, 3.05) is 6.61 Å². The van der Waals surface area contributed by atoms with E-state index in [1.165, 1.54) is 19.3 Å². The number of hydrogen-bond donors (Lipinski definition) is 2. The van der Waals surface area contributed by atoms with Gasteiger partial charge >= 0.3 is 0 Å². The molecule has 0 bridgehead atoms. The third-order valence-corrected chi connectivity index (χ3v) is 4.33. The lowest BCUT2D eigenvalue weighted by atomic mass is 9.51. The molecule has 4 heteroatoms. The Bertz CT molecular complexity index is 305. The van der Waals surface area contributed by atoms with E-state index in [0.29, 0.717) is 6.10 Å². The van der Waals surface area contributed by atoms with E-state index in [9.17, 15) is 4.79 Å². The predicted octanol–water partition coefficient (Wildman–Crippen LogP) is 1.19. The number of nitrogens with two attached hydrogens (primary N) is 1. The molecule has 98 valence electrons. The summed E-state index contributed by atoms with van der Waals surface area (Å²) >= 11 is 0. The van der Waals surface area contributed by atoms with Gasteiger partial charge in [-0.2, -0.15) is 0 Å². The monoisotopic (exact) mass is 240 g/mol. The van der Waals surface area contributed by atoms with E-state index < -0.39 is 5.54 Å². The minimum atomic E-state index is -0.790. The molecule has 2 aliphatic carbocycles. The summed E-state index contributed by atoms with van der Waals surface area (Å²) in [7, 11) is 0. The molecular formula is C13H24N2O2. The molecule has 2 saturated carbocycles. The standard InChI is InChI=1S/C13H24N2O2/c1-4-17-10-8-9(13(10)6-5-7-13)15-11(16)12(2,3)14/h9-10H,4-8,14H2,1-3H3,(H,15,16). The maximum absolute atomic E-state index is 11.9. The third kappa shape index (κ3) is 2.08. The molecule has 2 atom stereocenters. The van der Waals surface area contributed by atoms with Crippen LogP contribution in [0.5, 0.6) is 0 Å². The van der Waals surface area contributed by atoms with E-state index in [1.807, 2.05) is 6.92 Å². The molecule has 0 aromatic heterocycles. The van der Waals surface area contributed by atoms with Crippen LogP contribution in [0.25, 0.3) is 0 Å². The van der Waals surface area contributed by atoms with Gasteiger partial charge in [0, 0.05) is 18.1 Å². The number of carbonyl (C=O) groups excluding carboxylic acids is 1. The van der Waals surface area contributed by atoms with Crippen LogP contribution in [0.4, 0.5) is 0 Å². The Morgan fingerprint density at radius 3 is 2.59 bits per heavy atom. The fourth-order valence-electron chi connectivity index (χ4n) is 2.98. The predicted molar refractivity (Wildman–Crippen MR) is 66.5 cm³/mol. The molecule has 0 heterocycles. The van der Waals surface area contributed by atoms with Crippen molar-refractivity contribution in [1.29, 1.82) is 0 Å². The van der Waals surface area contributed by atoms with E-state index >= 15 is 0 Å². The summed E-state index contributed by atoms with van der Waals surface area (Å²) in [5.41, 5.74) is 5.23. The number of carbonyl (C=O) groups is 1. The van der Waals surface area contributed by atoms with E-state index in [-0.39, 0.29) is 17.4 Å². The lowest BCUT2D eigenvalue weighted by molar-refractivity contribution is -0.176. The molecule has 2 unspecified atom stereocenters. The smallest absolute Gasteiger partial charge is 0.239 e. The normalized spacial score (nSPS) is 30.6. The second-order valence-corrected chi connectivity index (χ2v) is 6.01. The zero-order chi connectivity index (χ0) is 12.7. The molecule has 2 rings (SSSR count). The van der Waals surface area contributed by atoms with Crippen molar-refractivity contribution in [2.24, 2.45) is 11.1 Å². The Balaban J connectivity index is 1.94. The van der Waals surface area contributed by atoms with Crippen molar-refractivity contribution in [2.45, 2.75) is 64.1 Å². The number of hydrogen-bond acceptors (Lipinski definition) is 3.